The Bertz CT molecular complexity index is 226. The lowest BCUT2D eigenvalue weighted by atomic mass is 10.0. The standard InChI is InChI=1S/C12H24N2O/c1-8(2)6-10-12(15)14(5)11(13-10)7-9(3)4/h8-11,13H,6-7H2,1-5H3/t10-,11+/m0/s1. The van der Waals surface area contributed by atoms with E-state index in [1.807, 2.05) is 11.9 Å². The highest BCUT2D eigenvalue weighted by Crippen LogP contribution is 2.19. The van der Waals surface area contributed by atoms with Crippen LogP contribution in [0.4, 0.5) is 0 Å². The van der Waals surface area contributed by atoms with Crippen molar-refractivity contribution in [2.75, 3.05) is 7.05 Å². The molecular formula is C12H24N2O. The Kier molecular flexibility index (Phi) is 4.14. The predicted molar refractivity (Wildman–Crippen MR) is 62.4 cm³/mol. The first kappa shape index (κ1) is 12.5. The molecule has 2 atom stereocenters. The average Bonchev–Trinajstić information content (AvgIpc) is 2.32. The van der Waals surface area contributed by atoms with E-state index in [4.69, 9.17) is 0 Å². The molecule has 0 aromatic rings. The summed E-state index contributed by atoms with van der Waals surface area (Å²) in [7, 11) is 1.91. The maximum atomic E-state index is 11.9. The van der Waals surface area contributed by atoms with E-state index in [1.165, 1.54) is 0 Å². The Morgan fingerprint density at radius 1 is 1.20 bits per heavy atom. The summed E-state index contributed by atoms with van der Waals surface area (Å²) < 4.78 is 0. The first-order valence-electron chi connectivity index (χ1n) is 5.94. The van der Waals surface area contributed by atoms with E-state index in [9.17, 15) is 4.79 Å². The molecule has 15 heavy (non-hydrogen) atoms. The molecule has 1 amide bonds. The molecule has 88 valence electrons. The van der Waals surface area contributed by atoms with Crippen LogP contribution >= 0.6 is 0 Å². The molecule has 1 fully saturated rings. The van der Waals surface area contributed by atoms with Crippen LogP contribution in [0.3, 0.4) is 0 Å². The second-order valence-corrected chi connectivity index (χ2v) is 5.44. The highest BCUT2D eigenvalue weighted by atomic mass is 16.2. The zero-order chi connectivity index (χ0) is 11.6. The van der Waals surface area contributed by atoms with Crippen molar-refractivity contribution in [1.82, 2.24) is 10.2 Å². The number of carbonyl (C=O) groups excluding carboxylic acids is 1. The van der Waals surface area contributed by atoms with Crippen molar-refractivity contribution in [3.63, 3.8) is 0 Å². The lowest BCUT2D eigenvalue weighted by molar-refractivity contribution is -0.129. The molecule has 0 aromatic carbocycles. The van der Waals surface area contributed by atoms with Crippen molar-refractivity contribution in [2.45, 2.75) is 52.7 Å². The number of likely N-dealkylation sites (N-methyl/N-ethyl adjacent to an activating group) is 1. The Labute approximate surface area is 93.2 Å². The Morgan fingerprint density at radius 3 is 2.20 bits per heavy atom. The van der Waals surface area contributed by atoms with E-state index in [0.717, 1.165) is 12.8 Å². The second-order valence-electron chi connectivity index (χ2n) is 5.44. The summed E-state index contributed by atoms with van der Waals surface area (Å²) in [5, 5.41) is 3.43. The molecule has 0 aromatic heterocycles. The summed E-state index contributed by atoms with van der Waals surface area (Å²) >= 11 is 0. The Balaban J connectivity index is 2.55. The van der Waals surface area contributed by atoms with Gasteiger partial charge in [-0.1, -0.05) is 27.7 Å². The van der Waals surface area contributed by atoms with Crippen LogP contribution in [0.2, 0.25) is 0 Å². The minimum Gasteiger partial charge on any atom is -0.329 e. The molecule has 0 unspecified atom stereocenters. The normalized spacial score (nSPS) is 27.1. The van der Waals surface area contributed by atoms with Gasteiger partial charge in [-0.25, -0.2) is 0 Å². The van der Waals surface area contributed by atoms with Gasteiger partial charge in [-0.2, -0.15) is 0 Å². The minimum absolute atomic E-state index is 0.0405. The van der Waals surface area contributed by atoms with Gasteiger partial charge in [0.15, 0.2) is 0 Å². The van der Waals surface area contributed by atoms with Crippen molar-refractivity contribution < 1.29 is 4.79 Å². The van der Waals surface area contributed by atoms with E-state index in [2.05, 4.69) is 33.0 Å². The van der Waals surface area contributed by atoms with Gasteiger partial charge in [0.1, 0.15) is 0 Å². The van der Waals surface area contributed by atoms with E-state index in [-0.39, 0.29) is 18.1 Å². The molecule has 1 N–H and O–H groups in total. The molecule has 0 bridgehead atoms. The lowest BCUT2D eigenvalue weighted by Gasteiger charge is -2.20. The van der Waals surface area contributed by atoms with Crippen LogP contribution in [0.1, 0.15) is 40.5 Å². The average molecular weight is 212 g/mol. The van der Waals surface area contributed by atoms with Gasteiger partial charge >= 0.3 is 0 Å². The van der Waals surface area contributed by atoms with Crippen molar-refractivity contribution in [3.8, 4) is 0 Å². The maximum absolute atomic E-state index is 11.9. The molecule has 1 rings (SSSR count). The van der Waals surface area contributed by atoms with E-state index in [0.29, 0.717) is 11.8 Å². The summed E-state index contributed by atoms with van der Waals surface area (Å²) in [5.74, 6) is 1.45. The fourth-order valence-corrected chi connectivity index (χ4v) is 2.13. The summed E-state index contributed by atoms with van der Waals surface area (Å²) in [6.45, 7) is 8.70. The fourth-order valence-electron chi connectivity index (χ4n) is 2.13. The highest BCUT2D eigenvalue weighted by Gasteiger charge is 2.36. The maximum Gasteiger partial charge on any atom is 0.240 e. The number of hydrogen-bond acceptors (Lipinski definition) is 2. The quantitative estimate of drug-likeness (QED) is 0.771. The van der Waals surface area contributed by atoms with Gasteiger partial charge in [0.05, 0.1) is 12.2 Å². The van der Waals surface area contributed by atoms with Crippen LogP contribution in [-0.4, -0.2) is 30.1 Å². The van der Waals surface area contributed by atoms with Crippen molar-refractivity contribution in [3.05, 3.63) is 0 Å². The molecule has 1 aliphatic rings. The molecule has 1 heterocycles. The van der Waals surface area contributed by atoms with Gasteiger partial charge in [-0.3, -0.25) is 10.1 Å². The number of nitrogens with one attached hydrogen (secondary N) is 1. The third-order valence-corrected chi connectivity index (χ3v) is 2.91. The fraction of sp³-hybridized carbons (Fsp3) is 0.917. The number of rotatable bonds is 4. The van der Waals surface area contributed by atoms with Gasteiger partial charge in [0, 0.05) is 7.05 Å². The molecule has 1 aliphatic heterocycles. The molecule has 3 nitrogen and oxygen atoms in total. The predicted octanol–water partition coefficient (Wildman–Crippen LogP) is 1.83. The molecule has 1 saturated heterocycles. The first-order valence-corrected chi connectivity index (χ1v) is 5.94. The molecule has 0 radical (unpaired) electrons. The molecular weight excluding hydrogens is 188 g/mol. The van der Waals surface area contributed by atoms with Crippen molar-refractivity contribution >= 4 is 5.91 Å². The third kappa shape index (κ3) is 3.20. The Morgan fingerprint density at radius 2 is 1.73 bits per heavy atom. The lowest BCUT2D eigenvalue weighted by Crippen LogP contribution is -2.36. The monoisotopic (exact) mass is 212 g/mol. The molecule has 0 saturated carbocycles. The zero-order valence-corrected chi connectivity index (χ0v) is 10.6. The van der Waals surface area contributed by atoms with Crippen LogP contribution in [0.25, 0.3) is 0 Å². The Hall–Kier alpha value is -0.570. The van der Waals surface area contributed by atoms with Crippen molar-refractivity contribution in [2.24, 2.45) is 11.8 Å². The smallest absolute Gasteiger partial charge is 0.240 e. The SMILES string of the molecule is CC(C)C[C@@H]1N[C@@H](CC(C)C)N(C)C1=O. The minimum atomic E-state index is 0.0405. The number of carbonyl (C=O) groups is 1. The highest BCUT2D eigenvalue weighted by molar-refractivity contribution is 5.84. The van der Waals surface area contributed by atoms with Gasteiger partial charge < -0.3 is 4.90 Å². The van der Waals surface area contributed by atoms with Crippen LogP contribution in [0, 0.1) is 11.8 Å². The van der Waals surface area contributed by atoms with E-state index < -0.39 is 0 Å². The van der Waals surface area contributed by atoms with E-state index in [1.54, 1.807) is 0 Å². The number of amides is 1. The van der Waals surface area contributed by atoms with Gasteiger partial charge in [-0.15, -0.1) is 0 Å². The van der Waals surface area contributed by atoms with Crippen LogP contribution in [0.15, 0.2) is 0 Å². The van der Waals surface area contributed by atoms with Gasteiger partial charge in [0.25, 0.3) is 0 Å². The largest absolute Gasteiger partial charge is 0.329 e. The van der Waals surface area contributed by atoms with Crippen LogP contribution in [-0.2, 0) is 4.79 Å². The third-order valence-electron chi connectivity index (χ3n) is 2.91. The summed E-state index contributed by atoms with van der Waals surface area (Å²) in [6, 6.07) is 0.0405. The second kappa shape index (κ2) is 4.97. The molecule has 0 spiro atoms. The van der Waals surface area contributed by atoms with Crippen molar-refractivity contribution in [1.29, 1.82) is 0 Å². The first-order chi connectivity index (χ1) is 6.91. The molecule has 3 heteroatoms. The summed E-state index contributed by atoms with van der Waals surface area (Å²) in [5.41, 5.74) is 0. The summed E-state index contributed by atoms with van der Waals surface area (Å²) in [4.78, 5) is 13.8. The molecule has 0 aliphatic carbocycles. The van der Waals surface area contributed by atoms with E-state index >= 15 is 0 Å². The number of hydrogen-bond donors (Lipinski definition) is 1. The summed E-state index contributed by atoms with van der Waals surface area (Å²) in [6.07, 6.45) is 2.22. The van der Waals surface area contributed by atoms with Crippen LogP contribution < -0.4 is 5.32 Å². The van der Waals surface area contributed by atoms with Gasteiger partial charge in [-0.05, 0) is 24.7 Å². The number of nitrogens with zero attached hydrogens (tertiary/aromatic N) is 1. The zero-order valence-electron chi connectivity index (χ0n) is 10.6. The van der Waals surface area contributed by atoms with Crippen LogP contribution in [0.5, 0.6) is 0 Å². The van der Waals surface area contributed by atoms with Gasteiger partial charge in [0.2, 0.25) is 5.91 Å². The topological polar surface area (TPSA) is 32.3 Å².